The molecule has 0 unspecified atom stereocenters. The predicted molar refractivity (Wildman–Crippen MR) is 83.3 cm³/mol. The van der Waals surface area contributed by atoms with E-state index in [9.17, 15) is 4.79 Å². The molecule has 0 atom stereocenters. The molecule has 0 heterocycles. The molecule has 0 radical (unpaired) electrons. The number of nitrogens with one attached hydrogen (secondary N) is 1. The van der Waals surface area contributed by atoms with Gasteiger partial charge in [0.05, 0.1) is 13.7 Å². The normalized spacial score (nSPS) is 10.0. The number of rotatable bonds is 5. The molecule has 0 bridgehead atoms. The second-order valence-corrected chi connectivity index (χ2v) is 4.60. The molecular formula is C17H19NO3. The minimum Gasteiger partial charge on any atom is -0.497 e. The lowest BCUT2D eigenvalue weighted by Crippen LogP contribution is -2.12. The molecule has 4 heteroatoms. The van der Waals surface area contributed by atoms with Crippen molar-refractivity contribution in [2.24, 2.45) is 0 Å². The van der Waals surface area contributed by atoms with E-state index >= 15 is 0 Å². The summed E-state index contributed by atoms with van der Waals surface area (Å²) >= 11 is 0. The Bertz CT molecular complexity index is 620. The van der Waals surface area contributed by atoms with Crippen LogP contribution in [-0.4, -0.2) is 19.6 Å². The van der Waals surface area contributed by atoms with Gasteiger partial charge in [0.15, 0.2) is 0 Å². The van der Waals surface area contributed by atoms with E-state index in [-0.39, 0.29) is 5.91 Å². The molecule has 0 aliphatic carbocycles. The molecule has 0 saturated heterocycles. The molecule has 0 fully saturated rings. The third-order valence-electron chi connectivity index (χ3n) is 3.08. The van der Waals surface area contributed by atoms with Crippen molar-refractivity contribution in [1.29, 1.82) is 0 Å². The van der Waals surface area contributed by atoms with E-state index < -0.39 is 0 Å². The summed E-state index contributed by atoms with van der Waals surface area (Å²) in [5.41, 5.74) is 2.28. The smallest absolute Gasteiger partial charge is 0.255 e. The first kappa shape index (κ1) is 14.9. The number of benzene rings is 2. The maximum Gasteiger partial charge on any atom is 0.255 e. The molecule has 0 spiro atoms. The second-order valence-electron chi connectivity index (χ2n) is 4.60. The number of carbonyl (C=O) groups is 1. The van der Waals surface area contributed by atoms with Gasteiger partial charge in [0, 0.05) is 11.3 Å². The van der Waals surface area contributed by atoms with Gasteiger partial charge in [-0.15, -0.1) is 0 Å². The second kappa shape index (κ2) is 6.79. The zero-order valence-corrected chi connectivity index (χ0v) is 12.5. The van der Waals surface area contributed by atoms with Gasteiger partial charge < -0.3 is 14.8 Å². The van der Waals surface area contributed by atoms with Crippen LogP contribution < -0.4 is 14.8 Å². The molecule has 1 amide bonds. The molecule has 2 aromatic carbocycles. The number of hydrogen-bond donors (Lipinski definition) is 1. The molecule has 0 aliphatic heterocycles. The van der Waals surface area contributed by atoms with E-state index in [0.717, 1.165) is 22.7 Å². The van der Waals surface area contributed by atoms with Crippen molar-refractivity contribution in [2.75, 3.05) is 19.0 Å². The highest BCUT2D eigenvalue weighted by Crippen LogP contribution is 2.20. The van der Waals surface area contributed by atoms with E-state index in [4.69, 9.17) is 9.47 Å². The van der Waals surface area contributed by atoms with Crippen molar-refractivity contribution in [3.8, 4) is 11.5 Å². The first-order valence-electron chi connectivity index (χ1n) is 6.83. The van der Waals surface area contributed by atoms with Gasteiger partial charge in [-0.1, -0.05) is 0 Å². The van der Waals surface area contributed by atoms with Crippen molar-refractivity contribution in [3.05, 3.63) is 53.6 Å². The van der Waals surface area contributed by atoms with Crippen LogP contribution in [0.4, 0.5) is 5.69 Å². The van der Waals surface area contributed by atoms with Crippen LogP contribution in [0.25, 0.3) is 0 Å². The molecule has 2 aromatic rings. The molecule has 21 heavy (non-hydrogen) atoms. The lowest BCUT2D eigenvalue weighted by molar-refractivity contribution is 0.102. The Morgan fingerprint density at radius 2 is 1.86 bits per heavy atom. The molecule has 0 saturated carbocycles. The molecule has 0 aromatic heterocycles. The first-order valence-corrected chi connectivity index (χ1v) is 6.83. The lowest BCUT2D eigenvalue weighted by atomic mass is 10.1. The molecule has 4 nitrogen and oxygen atoms in total. The van der Waals surface area contributed by atoms with Gasteiger partial charge in [-0.05, 0) is 61.9 Å². The first-order chi connectivity index (χ1) is 10.1. The average Bonchev–Trinajstić information content (AvgIpc) is 2.50. The van der Waals surface area contributed by atoms with Gasteiger partial charge in [0.2, 0.25) is 0 Å². The maximum atomic E-state index is 12.2. The Labute approximate surface area is 124 Å². The van der Waals surface area contributed by atoms with Crippen molar-refractivity contribution >= 4 is 11.6 Å². The van der Waals surface area contributed by atoms with Crippen LogP contribution in [0.3, 0.4) is 0 Å². The van der Waals surface area contributed by atoms with Crippen LogP contribution in [0.5, 0.6) is 11.5 Å². The van der Waals surface area contributed by atoms with Gasteiger partial charge in [0.1, 0.15) is 11.5 Å². The fourth-order valence-corrected chi connectivity index (χ4v) is 1.99. The molecule has 1 N–H and O–H groups in total. The van der Waals surface area contributed by atoms with Crippen LogP contribution in [0.2, 0.25) is 0 Å². The van der Waals surface area contributed by atoms with Crippen LogP contribution in [0.1, 0.15) is 22.8 Å². The topological polar surface area (TPSA) is 47.6 Å². The van der Waals surface area contributed by atoms with E-state index in [2.05, 4.69) is 5.32 Å². The van der Waals surface area contributed by atoms with Gasteiger partial charge in [-0.25, -0.2) is 0 Å². The Kier molecular flexibility index (Phi) is 4.82. The van der Waals surface area contributed by atoms with E-state index in [0.29, 0.717) is 12.2 Å². The monoisotopic (exact) mass is 285 g/mol. The zero-order chi connectivity index (χ0) is 15.2. The SMILES string of the molecule is CCOc1ccc(C(=O)Nc2ccc(OC)cc2)cc1C. The van der Waals surface area contributed by atoms with Gasteiger partial charge in [-0.3, -0.25) is 4.79 Å². The molecule has 2 rings (SSSR count). The van der Waals surface area contributed by atoms with Gasteiger partial charge >= 0.3 is 0 Å². The highest BCUT2D eigenvalue weighted by molar-refractivity contribution is 6.04. The predicted octanol–water partition coefficient (Wildman–Crippen LogP) is 3.65. The largest absolute Gasteiger partial charge is 0.497 e. The Hall–Kier alpha value is -2.49. The third kappa shape index (κ3) is 3.75. The van der Waals surface area contributed by atoms with Gasteiger partial charge in [-0.2, -0.15) is 0 Å². The van der Waals surface area contributed by atoms with E-state index in [1.165, 1.54) is 0 Å². The number of amides is 1. The summed E-state index contributed by atoms with van der Waals surface area (Å²) in [7, 11) is 1.61. The van der Waals surface area contributed by atoms with Crippen molar-refractivity contribution < 1.29 is 14.3 Å². The minimum absolute atomic E-state index is 0.147. The van der Waals surface area contributed by atoms with Crippen LogP contribution in [-0.2, 0) is 0 Å². The summed E-state index contributed by atoms with van der Waals surface area (Å²) in [6, 6.07) is 12.6. The number of hydrogen-bond acceptors (Lipinski definition) is 3. The fourth-order valence-electron chi connectivity index (χ4n) is 1.99. The molecule has 110 valence electrons. The van der Waals surface area contributed by atoms with Crippen molar-refractivity contribution in [2.45, 2.75) is 13.8 Å². The number of methoxy groups -OCH3 is 1. The standard InChI is InChI=1S/C17H19NO3/c1-4-21-16-10-5-13(11-12(16)2)17(19)18-14-6-8-15(20-3)9-7-14/h5-11H,4H2,1-3H3,(H,18,19). The highest BCUT2D eigenvalue weighted by atomic mass is 16.5. The summed E-state index contributed by atoms with van der Waals surface area (Å²) in [5, 5.41) is 2.85. The number of anilines is 1. The number of ether oxygens (including phenoxy) is 2. The number of aryl methyl sites for hydroxylation is 1. The minimum atomic E-state index is -0.147. The van der Waals surface area contributed by atoms with Crippen LogP contribution >= 0.6 is 0 Å². The summed E-state index contributed by atoms with van der Waals surface area (Å²) in [5.74, 6) is 1.41. The molecule has 0 aliphatic rings. The fraction of sp³-hybridized carbons (Fsp3) is 0.235. The average molecular weight is 285 g/mol. The summed E-state index contributed by atoms with van der Waals surface area (Å²) in [6.45, 7) is 4.47. The highest BCUT2D eigenvalue weighted by Gasteiger charge is 2.08. The Morgan fingerprint density at radius 3 is 2.43 bits per heavy atom. The maximum absolute atomic E-state index is 12.2. The van der Waals surface area contributed by atoms with E-state index in [1.54, 1.807) is 37.4 Å². The summed E-state index contributed by atoms with van der Waals surface area (Å²) in [6.07, 6.45) is 0. The molecular weight excluding hydrogens is 266 g/mol. The third-order valence-corrected chi connectivity index (χ3v) is 3.08. The number of carbonyl (C=O) groups excluding carboxylic acids is 1. The zero-order valence-electron chi connectivity index (χ0n) is 12.5. The Balaban J connectivity index is 2.10. The Morgan fingerprint density at radius 1 is 1.14 bits per heavy atom. The summed E-state index contributed by atoms with van der Waals surface area (Å²) < 4.78 is 10.6. The van der Waals surface area contributed by atoms with E-state index in [1.807, 2.05) is 26.0 Å². The summed E-state index contributed by atoms with van der Waals surface area (Å²) in [4.78, 5) is 12.2. The van der Waals surface area contributed by atoms with Crippen molar-refractivity contribution in [1.82, 2.24) is 0 Å². The quantitative estimate of drug-likeness (QED) is 0.912. The van der Waals surface area contributed by atoms with Crippen LogP contribution in [0.15, 0.2) is 42.5 Å². The van der Waals surface area contributed by atoms with Gasteiger partial charge in [0.25, 0.3) is 5.91 Å². The van der Waals surface area contributed by atoms with Crippen molar-refractivity contribution in [3.63, 3.8) is 0 Å². The lowest BCUT2D eigenvalue weighted by Gasteiger charge is -2.10. The van der Waals surface area contributed by atoms with Crippen LogP contribution in [0, 0.1) is 6.92 Å².